The Morgan fingerprint density at radius 2 is 1.36 bits per heavy atom. The first-order valence-electron chi connectivity index (χ1n) is 8.44. The molecule has 1 aliphatic rings. The van der Waals surface area contributed by atoms with E-state index in [-0.39, 0.29) is 11.7 Å². The van der Waals surface area contributed by atoms with Gasteiger partial charge in [0.05, 0.1) is 6.54 Å². The molecular weight excluding hydrogens is 308 g/mol. The summed E-state index contributed by atoms with van der Waals surface area (Å²) in [5, 5.41) is 8.38. The zero-order valence-electron chi connectivity index (χ0n) is 13.7. The Morgan fingerprint density at radius 1 is 0.760 bits per heavy atom. The molecule has 3 nitrogen and oxygen atoms in total. The topological polar surface area (TPSA) is 41.8 Å². The Kier molecular flexibility index (Phi) is 4.21. The van der Waals surface area contributed by atoms with Gasteiger partial charge in [-0.3, -0.25) is 4.79 Å². The third-order valence-corrected chi connectivity index (χ3v) is 4.64. The van der Waals surface area contributed by atoms with Gasteiger partial charge in [0.15, 0.2) is 5.78 Å². The minimum absolute atomic E-state index is 0.0116. The molecule has 4 rings (SSSR count). The minimum Gasteiger partial charge on any atom is -0.292 e. The highest BCUT2D eigenvalue weighted by molar-refractivity contribution is 6.01. The zero-order chi connectivity index (χ0) is 17.1. The summed E-state index contributed by atoms with van der Waals surface area (Å²) in [6.07, 6.45) is 0. The fraction of sp³-hybridized carbons (Fsp3) is 0.136. The smallest absolute Gasteiger partial charge is 0.189 e. The van der Waals surface area contributed by atoms with Crippen LogP contribution in [0.15, 0.2) is 95.2 Å². The molecule has 0 amide bonds. The summed E-state index contributed by atoms with van der Waals surface area (Å²) in [6.45, 7) is 0.563. The lowest BCUT2D eigenvalue weighted by atomic mass is 9.87. The Balaban J connectivity index is 1.58. The highest BCUT2D eigenvalue weighted by atomic mass is 16.1. The molecular formula is C22H18N2O. The van der Waals surface area contributed by atoms with E-state index in [1.54, 1.807) is 0 Å². The van der Waals surface area contributed by atoms with Gasteiger partial charge in [-0.25, -0.2) is 0 Å². The fourth-order valence-corrected chi connectivity index (χ4v) is 3.25. The summed E-state index contributed by atoms with van der Waals surface area (Å²) < 4.78 is 0. The van der Waals surface area contributed by atoms with Gasteiger partial charge in [0.1, 0.15) is 6.04 Å². The lowest BCUT2D eigenvalue weighted by Gasteiger charge is -2.16. The Bertz CT molecular complexity index is 886. The molecule has 0 bridgehead atoms. The molecule has 3 aromatic rings. The molecule has 1 aliphatic heterocycles. The fourth-order valence-electron chi connectivity index (χ4n) is 3.25. The van der Waals surface area contributed by atoms with E-state index in [2.05, 4.69) is 46.6 Å². The molecule has 0 spiro atoms. The molecule has 0 fully saturated rings. The largest absolute Gasteiger partial charge is 0.292 e. The van der Waals surface area contributed by atoms with Crippen LogP contribution in [0.1, 0.15) is 21.8 Å². The van der Waals surface area contributed by atoms with Crippen molar-refractivity contribution in [3.8, 4) is 11.1 Å². The normalized spacial score (nSPS) is 19.0. The van der Waals surface area contributed by atoms with E-state index in [1.165, 1.54) is 11.1 Å². The van der Waals surface area contributed by atoms with Crippen molar-refractivity contribution in [3.05, 3.63) is 96.1 Å². The van der Waals surface area contributed by atoms with Crippen molar-refractivity contribution in [3.63, 3.8) is 0 Å². The van der Waals surface area contributed by atoms with E-state index in [0.717, 1.165) is 5.56 Å². The van der Waals surface area contributed by atoms with Gasteiger partial charge in [-0.2, -0.15) is 10.2 Å². The van der Waals surface area contributed by atoms with Gasteiger partial charge in [-0.15, -0.1) is 0 Å². The van der Waals surface area contributed by atoms with Crippen molar-refractivity contribution < 1.29 is 4.79 Å². The molecule has 0 N–H and O–H groups in total. The van der Waals surface area contributed by atoms with Gasteiger partial charge in [-0.05, 0) is 16.7 Å². The van der Waals surface area contributed by atoms with Crippen LogP contribution < -0.4 is 0 Å². The van der Waals surface area contributed by atoms with Crippen molar-refractivity contribution in [1.82, 2.24) is 0 Å². The summed E-state index contributed by atoms with van der Waals surface area (Å²) in [5.41, 5.74) is 4.16. The van der Waals surface area contributed by atoms with Crippen LogP contribution in [0.3, 0.4) is 0 Å². The number of nitrogens with zero attached hydrogens (tertiary/aromatic N) is 2. The highest BCUT2D eigenvalue weighted by Gasteiger charge is 2.33. The monoisotopic (exact) mass is 326 g/mol. The van der Waals surface area contributed by atoms with Crippen LogP contribution in [-0.4, -0.2) is 18.4 Å². The van der Waals surface area contributed by atoms with E-state index in [4.69, 9.17) is 0 Å². The van der Waals surface area contributed by atoms with Crippen LogP contribution in [0.25, 0.3) is 11.1 Å². The summed E-state index contributed by atoms with van der Waals surface area (Å²) >= 11 is 0. The number of hydrogen-bond acceptors (Lipinski definition) is 3. The SMILES string of the molecule is O=C(c1ccccc1)[C@H]1N=NC[C@H]1c1ccc(-c2ccccc2)cc1. The van der Waals surface area contributed by atoms with E-state index in [0.29, 0.717) is 12.1 Å². The number of hydrogen-bond donors (Lipinski definition) is 0. The number of benzene rings is 3. The third-order valence-electron chi connectivity index (χ3n) is 4.64. The molecule has 0 aliphatic carbocycles. The van der Waals surface area contributed by atoms with Gasteiger partial charge >= 0.3 is 0 Å². The van der Waals surface area contributed by atoms with Crippen molar-refractivity contribution in [2.75, 3.05) is 6.54 Å². The van der Waals surface area contributed by atoms with Crippen molar-refractivity contribution in [1.29, 1.82) is 0 Å². The molecule has 0 aromatic heterocycles. The molecule has 122 valence electrons. The molecule has 25 heavy (non-hydrogen) atoms. The highest BCUT2D eigenvalue weighted by Crippen LogP contribution is 2.31. The summed E-state index contributed by atoms with van der Waals surface area (Å²) in [4.78, 5) is 12.8. The maximum absolute atomic E-state index is 12.8. The molecule has 2 atom stereocenters. The summed E-state index contributed by atoms with van der Waals surface area (Å²) in [6, 6.07) is 27.6. The van der Waals surface area contributed by atoms with E-state index in [1.807, 2.05) is 48.5 Å². The third kappa shape index (κ3) is 3.13. The quantitative estimate of drug-likeness (QED) is 0.611. The van der Waals surface area contributed by atoms with Crippen molar-refractivity contribution in [2.45, 2.75) is 12.0 Å². The van der Waals surface area contributed by atoms with Gasteiger partial charge in [0, 0.05) is 11.5 Å². The van der Waals surface area contributed by atoms with Crippen LogP contribution in [-0.2, 0) is 0 Å². The van der Waals surface area contributed by atoms with Crippen LogP contribution in [0.5, 0.6) is 0 Å². The first kappa shape index (κ1) is 15.5. The second-order valence-electron chi connectivity index (χ2n) is 6.21. The predicted molar refractivity (Wildman–Crippen MR) is 98.9 cm³/mol. The van der Waals surface area contributed by atoms with Crippen LogP contribution in [0.2, 0.25) is 0 Å². The van der Waals surface area contributed by atoms with Gasteiger partial charge in [0.25, 0.3) is 0 Å². The lowest BCUT2D eigenvalue weighted by Crippen LogP contribution is -2.24. The second kappa shape index (κ2) is 6.81. The molecule has 0 saturated heterocycles. The maximum Gasteiger partial charge on any atom is 0.189 e. The number of azo groups is 1. The first-order chi connectivity index (χ1) is 12.3. The Morgan fingerprint density at radius 3 is 2.04 bits per heavy atom. The Labute approximate surface area is 147 Å². The van der Waals surface area contributed by atoms with Crippen molar-refractivity contribution in [2.24, 2.45) is 10.2 Å². The number of ketones is 1. The predicted octanol–water partition coefficient (Wildman–Crippen LogP) is 5.15. The minimum atomic E-state index is -0.426. The molecule has 0 saturated carbocycles. The summed E-state index contributed by atoms with van der Waals surface area (Å²) in [5.74, 6) is 0.0523. The molecule has 1 heterocycles. The molecule has 0 unspecified atom stereocenters. The average Bonchev–Trinajstić information content (AvgIpc) is 3.19. The zero-order valence-corrected chi connectivity index (χ0v) is 13.7. The van der Waals surface area contributed by atoms with Crippen molar-refractivity contribution >= 4 is 5.78 Å². The maximum atomic E-state index is 12.8. The Hall–Kier alpha value is -3.07. The van der Waals surface area contributed by atoms with Crippen LogP contribution >= 0.6 is 0 Å². The van der Waals surface area contributed by atoms with E-state index < -0.39 is 6.04 Å². The number of carbonyl (C=O) groups excluding carboxylic acids is 1. The first-order valence-corrected chi connectivity index (χ1v) is 8.44. The molecule has 3 heteroatoms. The summed E-state index contributed by atoms with van der Waals surface area (Å²) in [7, 11) is 0. The van der Waals surface area contributed by atoms with Gasteiger partial charge < -0.3 is 0 Å². The second-order valence-corrected chi connectivity index (χ2v) is 6.21. The van der Waals surface area contributed by atoms with Crippen LogP contribution in [0, 0.1) is 0 Å². The van der Waals surface area contributed by atoms with Crippen LogP contribution in [0.4, 0.5) is 0 Å². The molecule has 3 aromatic carbocycles. The molecule has 0 radical (unpaired) electrons. The van der Waals surface area contributed by atoms with Gasteiger partial charge in [0.2, 0.25) is 0 Å². The average molecular weight is 326 g/mol. The van der Waals surface area contributed by atoms with E-state index >= 15 is 0 Å². The van der Waals surface area contributed by atoms with E-state index in [9.17, 15) is 4.79 Å². The standard InChI is InChI=1S/C22H18N2O/c25-22(19-9-5-2-6-10-19)21-20(15-23-24-21)18-13-11-17(12-14-18)16-7-3-1-4-8-16/h1-14,20-21H,15H2/t20-,21-/m0/s1. The van der Waals surface area contributed by atoms with Gasteiger partial charge in [-0.1, -0.05) is 84.9 Å². The number of Topliss-reactive ketones (excluding diaryl/α,β-unsaturated/α-hetero) is 1. The number of carbonyl (C=O) groups is 1. The number of rotatable bonds is 4. The lowest BCUT2D eigenvalue weighted by molar-refractivity contribution is 0.0956.